The topological polar surface area (TPSA) is 38.0 Å². The van der Waals surface area contributed by atoms with Gasteiger partial charge in [0.2, 0.25) is 0 Å². The molecule has 0 aliphatic rings. The number of thiophene rings is 1. The first-order valence-corrected chi connectivity index (χ1v) is 5.41. The summed E-state index contributed by atoms with van der Waals surface area (Å²) in [5.74, 6) is 0. The smallest absolute Gasteiger partial charge is 0.163 e. The van der Waals surface area contributed by atoms with Gasteiger partial charge in [-0.05, 0) is 38.2 Å². The average Bonchev–Trinajstić information content (AvgIpc) is 2.33. The van der Waals surface area contributed by atoms with E-state index in [-0.39, 0.29) is 0 Å². The van der Waals surface area contributed by atoms with Crippen LogP contribution in [0.2, 0.25) is 0 Å². The van der Waals surface area contributed by atoms with Gasteiger partial charge in [-0.2, -0.15) is 0 Å². The second kappa shape index (κ2) is 4.58. The molecule has 1 atom stereocenters. The van der Waals surface area contributed by atoms with E-state index in [0.29, 0.717) is 11.2 Å². The van der Waals surface area contributed by atoms with Gasteiger partial charge in [0.1, 0.15) is 0 Å². The largest absolute Gasteiger partial charge is 0.376 e. The highest BCUT2D eigenvalue weighted by Crippen LogP contribution is 2.16. The second-order valence-corrected chi connectivity index (χ2v) is 4.94. The van der Waals surface area contributed by atoms with E-state index < -0.39 is 0 Å². The van der Waals surface area contributed by atoms with Crippen LogP contribution in [0.25, 0.3) is 0 Å². The van der Waals surface area contributed by atoms with Crippen molar-refractivity contribution in [3.63, 3.8) is 0 Å². The molecule has 0 spiro atoms. The Kier molecular flexibility index (Phi) is 3.69. The van der Waals surface area contributed by atoms with Crippen molar-refractivity contribution in [2.45, 2.75) is 26.3 Å². The fourth-order valence-electron chi connectivity index (χ4n) is 1.19. The number of thiocarbonyl (C=S) groups is 1. The van der Waals surface area contributed by atoms with E-state index in [1.54, 1.807) is 0 Å². The van der Waals surface area contributed by atoms with E-state index in [2.05, 4.69) is 31.3 Å². The molecule has 1 rings (SSSR count). The first-order valence-electron chi connectivity index (χ1n) is 4.19. The van der Waals surface area contributed by atoms with Crippen LogP contribution in [0.3, 0.4) is 0 Å². The van der Waals surface area contributed by atoms with Crippen LogP contribution in [0.1, 0.15) is 16.7 Å². The van der Waals surface area contributed by atoms with Gasteiger partial charge < -0.3 is 11.1 Å². The summed E-state index contributed by atoms with van der Waals surface area (Å²) in [6.45, 7) is 4.19. The highest BCUT2D eigenvalue weighted by molar-refractivity contribution is 7.80. The third kappa shape index (κ3) is 3.74. The number of aryl methyl sites for hydroxylation is 1. The normalized spacial score (nSPS) is 12.5. The van der Waals surface area contributed by atoms with Gasteiger partial charge in [-0.15, -0.1) is 11.3 Å². The van der Waals surface area contributed by atoms with Gasteiger partial charge in [0.15, 0.2) is 5.11 Å². The standard InChI is InChI=1S/C9H14N2S2/c1-6(11-9(10)12)5-8-4-3-7(2)13-8/h3-4,6H,5H2,1-2H3,(H3,10,11,12). The predicted molar refractivity (Wildman–Crippen MR) is 62.1 cm³/mol. The molecular weight excluding hydrogens is 200 g/mol. The summed E-state index contributed by atoms with van der Waals surface area (Å²) in [4.78, 5) is 2.71. The maximum absolute atomic E-state index is 5.38. The van der Waals surface area contributed by atoms with Crippen LogP contribution in [0.5, 0.6) is 0 Å². The Morgan fingerprint density at radius 3 is 2.85 bits per heavy atom. The summed E-state index contributed by atoms with van der Waals surface area (Å²) >= 11 is 6.58. The molecule has 1 unspecified atom stereocenters. The lowest BCUT2D eigenvalue weighted by Gasteiger charge is -2.11. The van der Waals surface area contributed by atoms with Crippen molar-refractivity contribution < 1.29 is 0 Å². The Hall–Kier alpha value is -0.610. The lowest BCUT2D eigenvalue weighted by atomic mass is 10.2. The molecule has 3 N–H and O–H groups in total. The van der Waals surface area contributed by atoms with Crippen molar-refractivity contribution in [1.82, 2.24) is 5.32 Å². The molecule has 2 nitrogen and oxygen atoms in total. The molecule has 0 aromatic carbocycles. The monoisotopic (exact) mass is 214 g/mol. The third-order valence-electron chi connectivity index (χ3n) is 1.69. The lowest BCUT2D eigenvalue weighted by Crippen LogP contribution is -2.37. The quantitative estimate of drug-likeness (QED) is 0.754. The van der Waals surface area contributed by atoms with Gasteiger partial charge in [-0.1, -0.05) is 0 Å². The van der Waals surface area contributed by atoms with Crippen LogP contribution in [0, 0.1) is 6.92 Å². The summed E-state index contributed by atoms with van der Waals surface area (Å²) in [7, 11) is 0. The fourth-order valence-corrected chi connectivity index (χ4v) is 2.41. The Labute approximate surface area is 88.1 Å². The summed E-state index contributed by atoms with van der Waals surface area (Å²) in [6, 6.07) is 4.60. The van der Waals surface area contributed by atoms with Crippen molar-refractivity contribution in [2.75, 3.05) is 0 Å². The van der Waals surface area contributed by atoms with E-state index >= 15 is 0 Å². The molecular formula is C9H14N2S2. The van der Waals surface area contributed by atoms with Crippen molar-refractivity contribution in [3.05, 3.63) is 21.9 Å². The molecule has 0 saturated heterocycles. The van der Waals surface area contributed by atoms with Crippen LogP contribution >= 0.6 is 23.6 Å². The molecule has 1 heterocycles. The van der Waals surface area contributed by atoms with Crippen molar-refractivity contribution in [1.29, 1.82) is 0 Å². The lowest BCUT2D eigenvalue weighted by molar-refractivity contribution is 0.668. The molecule has 1 aromatic heterocycles. The minimum absolute atomic E-state index is 0.315. The Balaban J connectivity index is 2.44. The van der Waals surface area contributed by atoms with Gasteiger partial charge in [-0.3, -0.25) is 0 Å². The van der Waals surface area contributed by atoms with E-state index in [9.17, 15) is 0 Å². The van der Waals surface area contributed by atoms with Gasteiger partial charge in [-0.25, -0.2) is 0 Å². The zero-order valence-corrected chi connectivity index (χ0v) is 9.47. The molecule has 1 aromatic rings. The third-order valence-corrected chi connectivity index (χ3v) is 2.83. The molecule has 0 aliphatic heterocycles. The number of nitrogens with two attached hydrogens (primary N) is 1. The highest BCUT2D eigenvalue weighted by atomic mass is 32.1. The molecule has 13 heavy (non-hydrogen) atoms. The maximum Gasteiger partial charge on any atom is 0.163 e. The van der Waals surface area contributed by atoms with Crippen LogP contribution in [0.4, 0.5) is 0 Å². The van der Waals surface area contributed by atoms with E-state index in [4.69, 9.17) is 18.0 Å². The van der Waals surface area contributed by atoms with Crippen molar-refractivity contribution in [3.8, 4) is 0 Å². The van der Waals surface area contributed by atoms with Crippen LogP contribution in [0.15, 0.2) is 12.1 Å². The SMILES string of the molecule is Cc1ccc(CC(C)NC(N)=S)s1. The summed E-state index contributed by atoms with van der Waals surface area (Å²) in [5, 5.41) is 3.39. The number of nitrogens with one attached hydrogen (secondary N) is 1. The number of rotatable bonds is 3. The number of hydrogen-bond acceptors (Lipinski definition) is 2. The molecule has 0 amide bonds. The minimum Gasteiger partial charge on any atom is -0.376 e. The minimum atomic E-state index is 0.315. The fraction of sp³-hybridized carbons (Fsp3) is 0.444. The Bertz CT molecular complexity index is 294. The second-order valence-electron chi connectivity index (χ2n) is 3.13. The molecule has 0 radical (unpaired) electrons. The summed E-state index contributed by atoms with van der Waals surface area (Å²) < 4.78 is 0. The van der Waals surface area contributed by atoms with Gasteiger partial charge in [0, 0.05) is 22.2 Å². The molecule has 4 heteroatoms. The molecule has 0 aliphatic carbocycles. The van der Waals surface area contributed by atoms with Crippen molar-refractivity contribution >= 4 is 28.7 Å². The Morgan fingerprint density at radius 1 is 1.69 bits per heavy atom. The van der Waals surface area contributed by atoms with E-state index in [1.807, 2.05) is 11.3 Å². The van der Waals surface area contributed by atoms with Crippen LogP contribution in [-0.4, -0.2) is 11.2 Å². The Morgan fingerprint density at radius 2 is 2.38 bits per heavy atom. The summed E-state index contributed by atoms with van der Waals surface area (Å²) in [5.41, 5.74) is 5.38. The van der Waals surface area contributed by atoms with E-state index in [1.165, 1.54) is 9.75 Å². The van der Waals surface area contributed by atoms with Gasteiger partial charge in [0.25, 0.3) is 0 Å². The summed E-state index contributed by atoms with van der Waals surface area (Å²) in [6.07, 6.45) is 0.982. The van der Waals surface area contributed by atoms with Crippen LogP contribution < -0.4 is 11.1 Å². The predicted octanol–water partition coefficient (Wildman–Crippen LogP) is 1.82. The zero-order valence-electron chi connectivity index (χ0n) is 7.83. The van der Waals surface area contributed by atoms with Gasteiger partial charge in [0.05, 0.1) is 0 Å². The molecule has 0 bridgehead atoms. The van der Waals surface area contributed by atoms with Crippen LogP contribution in [-0.2, 0) is 6.42 Å². The van der Waals surface area contributed by atoms with E-state index in [0.717, 1.165) is 6.42 Å². The highest BCUT2D eigenvalue weighted by Gasteiger charge is 2.04. The van der Waals surface area contributed by atoms with Gasteiger partial charge >= 0.3 is 0 Å². The average molecular weight is 214 g/mol. The molecule has 0 fully saturated rings. The maximum atomic E-state index is 5.38. The molecule has 0 saturated carbocycles. The molecule has 72 valence electrons. The number of hydrogen-bond donors (Lipinski definition) is 2. The first-order chi connectivity index (χ1) is 6.08. The first kappa shape index (κ1) is 10.5. The van der Waals surface area contributed by atoms with Crippen molar-refractivity contribution in [2.24, 2.45) is 5.73 Å². The zero-order chi connectivity index (χ0) is 9.84.